The molecule has 0 aliphatic carbocycles. The fourth-order valence-corrected chi connectivity index (χ4v) is 3.48. The van der Waals surface area contributed by atoms with Gasteiger partial charge in [-0.2, -0.15) is 10.5 Å². The molecule has 23 heavy (non-hydrogen) atoms. The van der Waals surface area contributed by atoms with Crippen LogP contribution in [0.15, 0.2) is 24.3 Å². The molecule has 1 aromatic rings. The molecule has 2 aliphatic rings. The zero-order chi connectivity index (χ0) is 16.4. The molecule has 0 radical (unpaired) electrons. The fraction of sp³-hybridized carbons (Fsp3) is 0.500. The van der Waals surface area contributed by atoms with Gasteiger partial charge in [0.2, 0.25) is 5.91 Å². The number of likely N-dealkylation sites (tertiary alicyclic amines) is 2. The van der Waals surface area contributed by atoms with Crippen LogP contribution in [0.2, 0.25) is 0 Å². The zero-order valence-corrected chi connectivity index (χ0v) is 13.3. The van der Waals surface area contributed by atoms with E-state index in [9.17, 15) is 4.79 Å². The summed E-state index contributed by atoms with van der Waals surface area (Å²) >= 11 is 0. The first-order valence-corrected chi connectivity index (χ1v) is 8.06. The normalized spacial score (nSPS) is 22.1. The third-order valence-electron chi connectivity index (χ3n) is 5.17. The van der Waals surface area contributed by atoms with Crippen molar-refractivity contribution in [2.24, 2.45) is 11.8 Å². The zero-order valence-electron chi connectivity index (χ0n) is 13.3. The molecule has 2 fully saturated rings. The van der Waals surface area contributed by atoms with Gasteiger partial charge in [0.15, 0.2) is 6.19 Å². The van der Waals surface area contributed by atoms with Crippen LogP contribution in [0.4, 0.5) is 0 Å². The number of hydrogen-bond donors (Lipinski definition) is 0. The standard InChI is InChI=1S/C18H20N4O/c1-13(16-6-7-21(9-16)12-20)18(23)22-10-17(11-22)15-4-2-14(8-19)3-5-15/h2-5,13,16-17H,6-7,9-11H2,1H3. The van der Waals surface area contributed by atoms with Crippen LogP contribution in [0.1, 0.15) is 30.4 Å². The number of nitrogens with zero attached hydrogens (tertiary/aromatic N) is 4. The van der Waals surface area contributed by atoms with Crippen LogP contribution < -0.4 is 0 Å². The highest BCUT2D eigenvalue weighted by Crippen LogP contribution is 2.31. The summed E-state index contributed by atoms with van der Waals surface area (Å²) in [7, 11) is 0. The molecule has 5 heteroatoms. The minimum absolute atomic E-state index is 0.0183. The molecule has 3 rings (SSSR count). The Morgan fingerprint density at radius 3 is 2.48 bits per heavy atom. The summed E-state index contributed by atoms with van der Waals surface area (Å²) in [5.41, 5.74) is 1.86. The Bertz CT molecular complexity index is 664. The van der Waals surface area contributed by atoms with E-state index in [2.05, 4.69) is 12.3 Å². The van der Waals surface area contributed by atoms with Gasteiger partial charge in [0.1, 0.15) is 0 Å². The van der Waals surface area contributed by atoms with Crippen LogP contribution >= 0.6 is 0 Å². The largest absolute Gasteiger partial charge is 0.341 e. The highest BCUT2D eigenvalue weighted by molar-refractivity contribution is 5.80. The first-order valence-electron chi connectivity index (χ1n) is 8.06. The summed E-state index contributed by atoms with van der Waals surface area (Å²) in [6.45, 7) is 4.97. The van der Waals surface area contributed by atoms with E-state index in [0.29, 0.717) is 18.0 Å². The maximum Gasteiger partial charge on any atom is 0.225 e. The van der Waals surface area contributed by atoms with E-state index in [1.54, 1.807) is 4.90 Å². The van der Waals surface area contributed by atoms with E-state index in [4.69, 9.17) is 10.5 Å². The van der Waals surface area contributed by atoms with Gasteiger partial charge in [-0.1, -0.05) is 19.1 Å². The van der Waals surface area contributed by atoms with Gasteiger partial charge >= 0.3 is 0 Å². The van der Waals surface area contributed by atoms with Crippen molar-refractivity contribution in [3.05, 3.63) is 35.4 Å². The predicted molar refractivity (Wildman–Crippen MR) is 84.9 cm³/mol. The Kier molecular flexibility index (Phi) is 4.21. The monoisotopic (exact) mass is 308 g/mol. The number of benzene rings is 1. The maximum atomic E-state index is 12.6. The maximum absolute atomic E-state index is 12.6. The van der Waals surface area contributed by atoms with Crippen LogP contribution in [0.5, 0.6) is 0 Å². The third kappa shape index (κ3) is 3.00. The summed E-state index contributed by atoms with van der Waals surface area (Å²) in [5, 5.41) is 17.8. The van der Waals surface area contributed by atoms with E-state index in [-0.39, 0.29) is 17.7 Å². The number of rotatable bonds is 3. The Hall–Kier alpha value is -2.53. The Balaban J connectivity index is 1.53. The summed E-state index contributed by atoms with van der Waals surface area (Å²) in [4.78, 5) is 16.2. The molecule has 0 saturated carbocycles. The molecule has 2 unspecified atom stereocenters. The van der Waals surface area contributed by atoms with Gasteiger partial charge in [-0.15, -0.1) is 0 Å². The molecule has 5 nitrogen and oxygen atoms in total. The minimum atomic E-state index is -0.0183. The average molecular weight is 308 g/mol. The van der Waals surface area contributed by atoms with Gasteiger partial charge in [0, 0.05) is 38.0 Å². The molecule has 2 saturated heterocycles. The SMILES string of the molecule is CC(C(=O)N1CC(c2ccc(C#N)cc2)C1)C1CCN(C#N)C1. The Labute approximate surface area is 136 Å². The lowest BCUT2D eigenvalue weighted by Gasteiger charge is -2.41. The number of nitriles is 2. The molecule has 2 heterocycles. The van der Waals surface area contributed by atoms with E-state index in [0.717, 1.165) is 26.1 Å². The lowest BCUT2D eigenvalue weighted by atomic mass is 9.87. The number of carbonyl (C=O) groups excluding carboxylic acids is 1. The van der Waals surface area contributed by atoms with Crippen molar-refractivity contribution in [1.82, 2.24) is 9.80 Å². The second-order valence-corrected chi connectivity index (χ2v) is 6.56. The van der Waals surface area contributed by atoms with E-state index >= 15 is 0 Å². The molecule has 2 aliphatic heterocycles. The lowest BCUT2D eigenvalue weighted by molar-refractivity contribution is -0.141. The first kappa shape index (κ1) is 15.4. The summed E-state index contributed by atoms with van der Waals surface area (Å²) < 4.78 is 0. The van der Waals surface area contributed by atoms with Crippen LogP contribution in [0, 0.1) is 34.6 Å². The average Bonchev–Trinajstić information content (AvgIpc) is 3.02. The topological polar surface area (TPSA) is 71.1 Å². The van der Waals surface area contributed by atoms with Gasteiger partial charge in [-0.25, -0.2) is 0 Å². The Morgan fingerprint density at radius 2 is 1.91 bits per heavy atom. The van der Waals surface area contributed by atoms with E-state index in [1.807, 2.05) is 36.1 Å². The van der Waals surface area contributed by atoms with Gasteiger partial charge in [0.05, 0.1) is 11.6 Å². The number of carbonyl (C=O) groups is 1. The highest BCUT2D eigenvalue weighted by atomic mass is 16.2. The molecule has 0 aromatic heterocycles. The fourth-order valence-electron chi connectivity index (χ4n) is 3.48. The van der Waals surface area contributed by atoms with Crippen LogP contribution in [0.25, 0.3) is 0 Å². The highest BCUT2D eigenvalue weighted by Gasteiger charge is 2.38. The second kappa shape index (κ2) is 6.30. The minimum Gasteiger partial charge on any atom is -0.341 e. The van der Waals surface area contributed by atoms with Crippen molar-refractivity contribution in [3.8, 4) is 12.3 Å². The van der Waals surface area contributed by atoms with Crippen LogP contribution in [0.3, 0.4) is 0 Å². The molecule has 1 amide bonds. The first-order chi connectivity index (χ1) is 11.1. The molecule has 0 N–H and O–H groups in total. The molecule has 118 valence electrons. The van der Waals surface area contributed by atoms with Gasteiger partial charge in [-0.3, -0.25) is 4.79 Å². The molecular weight excluding hydrogens is 288 g/mol. The lowest BCUT2D eigenvalue weighted by Crippen LogP contribution is -2.51. The molecule has 0 bridgehead atoms. The molecular formula is C18H20N4O. The van der Waals surface area contributed by atoms with Crippen LogP contribution in [-0.2, 0) is 4.79 Å². The van der Waals surface area contributed by atoms with Crippen molar-refractivity contribution < 1.29 is 4.79 Å². The number of amides is 1. The van der Waals surface area contributed by atoms with Crippen LogP contribution in [-0.4, -0.2) is 41.9 Å². The second-order valence-electron chi connectivity index (χ2n) is 6.56. The van der Waals surface area contributed by atoms with Crippen molar-refractivity contribution in [1.29, 1.82) is 10.5 Å². The van der Waals surface area contributed by atoms with E-state index in [1.165, 1.54) is 5.56 Å². The quantitative estimate of drug-likeness (QED) is 0.800. The van der Waals surface area contributed by atoms with E-state index < -0.39 is 0 Å². The summed E-state index contributed by atoms with van der Waals surface area (Å²) in [6.07, 6.45) is 3.09. The van der Waals surface area contributed by atoms with Crippen molar-refractivity contribution in [2.45, 2.75) is 19.3 Å². The third-order valence-corrected chi connectivity index (χ3v) is 5.17. The summed E-state index contributed by atoms with van der Waals surface area (Å²) in [5.74, 6) is 0.851. The smallest absolute Gasteiger partial charge is 0.225 e. The van der Waals surface area contributed by atoms with Crippen molar-refractivity contribution in [2.75, 3.05) is 26.2 Å². The molecule has 2 atom stereocenters. The Morgan fingerprint density at radius 1 is 1.22 bits per heavy atom. The summed E-state index contributed by atoms with van der Waals surface area (Å²) in [6, 6.07) is 9.75. The van der Waals surface area contributed by atoms with Gasteiger partial charge < -0.3 is 9.80 Å². The molecule has 0 spiro atoms. The van der Waals surface area contributed by atoms with Gasteiger partial charge in [0.25, 0.3) is 0 Å². The molecule has 1 aromatic carbocycles. The predicted octanol–water partition coefficient (Wildman–Crippen LogP) is 1.92. The number of hydrogen-bond acceptors (Lipinski definition) is 4. The van der Waals surface area contributed by atoms with Gasteiger partial charge in [-0.05, 0) is 30.0 Å². The van der Waals surface area contributed by atoms with Crippen molar-refractivity contribution >= 4 is 5.91 Å². The van der Waals surface area contributed by atoms with Crippen molar-refractivity contribution in [3.63, 3.8) is 0 Å².